The van der Waals surface area contributed by atoms with Gasteiger partial charge in [-0.2, -0.15) is 5.10 Å². The molecule has 0 bridgehead atoms. The van der Waals surface area contributed by atoms with Crippen molar-refractivity contribution in [1.29, 1.82) is 0 Å². The molecule has 0 radical (unpaired) electrons. The van der Waals surface area contributed by atoms with Crippen LogP contribution < -0.4 is 9.80 Å². The van der Waals surface area contributed by atoms with E-state index in [0.717, 1.165) is 30.2 Å². The quantitative estimate of drug-likeness (QED) is 0.621. The van der Waals surface area contributed by atoms with Gasteiger partial charge in [-0.15, -0.1) is 5.10 Å². The van der Waals surface area contributed by atoms with E-state index >= 15 is 0 Å². The lowest BCUT2D eigenvalue weighted by Crippen LogP contribution is -2.49. The van der Waals surface area contributed by atoms with Crippen LogP contribution in [0.4, 0.5) is 11.5 Å². The first kappa shape index (κ1) is 23.4. The summed E-state index contributed by atoms with van der Waals surface area (Å²) in [4.78, 5) is 19.4. The molecule has 33 heavy (non-hydrogen) atoms. The van der Waals surface area contributed by atoms with Gasteiger partial charge in [-0.05, 0) is 31.5 Å². The lowest BCUT2D eigenvalue weighted by molar-refractivity contribution is -0.130. The number of hydrogen-bond acceptors (Lipinski definition) is 8. The molecule has 2 aromatic rings. The Kier molecular flexibility index (Phi) is 7.14. The van der Waals surface area contributed by atoms with Gasteiger partial charge in [-0.1, -0.05) is 12.1 Å². The second kappa shape index (κ2) is 10.0. The molecule has 2 saturated heterocycles. The van der Waals surface area contributed by atoms with E-state index in [2.05, 4.69) is 26.1 Å². The summed E-state index contributed by atoms with van der Waals surface area (Å²) in [5, 5.41) is 8.01. The molecule has 3 heterocycles. The van der Waals surface area contributed by atoms with Crippen LogP contribution >= 0.6 is 0 Å². The summed E-state index contributed by atoms with van der Waals surface area (Å²) >= 11 is 0. The maximum atomic E-state index is 12.8. The van der Waals surface area contributed by atoms with Crippen molar-refractivity contribution in [3.8, 4) is 0 Å². The third-order valence-electron chi connectivity index (χ3n) is 6.19. The van der Waals surface area contributed by atoms with Crippen LogP contribution in [0.2, 0.25) is 0 Å². The number of benzene rings is 1. The Labute approximate surface area is 195 Å². The molecule has 2 fully saturated rings. The summed E-state index contributed by atoms with van der Waals surface area (Å²) in [6, 6.07) is 8.71. The fourth-order valence-electron chi connectivity index (χ4n) is 4.04. The molecule has 0 unspecified atom stereocenters. The highest BCUT2D eigenvalue weighted by atomic mass is 32.2. The molecular weight excluding hydrogens is 442 g/mol. The Morgan fingerprint density at radius 1 is 1.00 bits per heavy atom. The molecule has 2 aliphatic heterocycles. The summed E-state index contributed by atoms with van der Waals surface area (Å²) < 4.78 is 30.0. The Morgan fingerprint density at radius 3 is 2.30 bits per heavy atom. The zero-order valence-corrected chi connectivity index (χ0v) is 20.0. The monoisotopic (exact) mass is 473 g/mol. The number of piperazine rings is 1. The van der Waals surface area contributed by atoms with Gasteiger partial charge in [0.25, 0.3) is 0 Å². The number of aromatic nitrogens is 2. The van der Waals surface area contributed by atoms with E-state index < -0.39 is 15.1 Å². The van der Waals surface area contributed by atoms with Gasteiger partial charge in [0.05, 0.1) is 41.7 Å². The molecular formula is C23H31N5O4S. The highest BCUT2D eigenvalue weighted by molar-refractivity contribution is 7.92. The zero-order chi connectivity index (χ0) is 23.4. The van der Waals surface area contributed by atoms with E-state index in [1.807, 2.05) is 4.90 Å². The average molecular weight is 474 g/mol. The van der Waals surface area contributed by atoms with Crippen LogP contribution in [0.3, 0.4) is 0 Å². The van der Waals surface area contributed by atoms with Crippen molar-refractivity contribution in [2.45, 2.75) is 30.4 Å². The number of nitrogens with zero attached hydrogens (tertiary/aromatic N) is 5. The molecule has 0 aliphatic carbocycles. The van der Waals surface area contributed by atoms with Crippen LogP contribution in [-0.4, -0.2) is 87.2 Å². The number of ether oxygens (including phenoxy) is 1. The number of carbonyl (C=O) groups excluding carboxylic acids is 1. The number of sulfone groups is 1. The number of amides is 1. The van der Waals surface area contributed by atoms with E-state index in [9.17, 15) is 13.2 Å². The fourth-order valence-corrected chi connectivity index (χ4v) is 5.09. The normalized spacial score (nSPS) is 17.5. The zero-order valence-electron chi connectivity index (χ0n) is 19.2. The van der Waals surface area contributed by atoms with Crippen LogP contribution in [0.25, 0.3) is 0 Å². The third-order valence-corrected chi connectivity index (χ3v) is 8.36. The van der Waals surface area contributed by atoms with Crippen LogP contribution in [0.5, 0.6) is 0 Å². The summed E-state index contributed by atoms with van der Waals surface area (Å²) in [7, 11) is -3.31. The van der Waals surface area contributed by atoms with E-state index in [4.69, 9.17) is 4.74 Å². The predicted molar refractivity (Wildman–Crippen MR) is 126 cm³/mol. The molecule has 0 N–H and O–H groups in total. The van der Waals surface area contributed by atoms with Gasteiger partial charge in [0, 0.05) is 45.3 Å². The van der Waals surface area contributed by atoms with Crippen LogP contribution in [0.15, 0.2) is 41.4 Å². The maximum Gasteiger partial charge on any atom is 0.227 e. The minimum absolute atomic E-state index is 0.0438. The first-order valence-corrected chi connectivity index (χ1v) is 12.9. The summed E-state index contributed by atoms with van der Waals surface area (Å²) in [6.07, 6.45) is 2.04. The minimum atomic E-state index is -3.31. The van der Waals surface area contributed by atoms with E-state index in [1.165, 1.54) is 0 Å². The number of carbonyl (C=O) groups is 1. The summed E-state index contributed by atoms with van der Waals surface area (Å²) in [5.74, 6) is 0.871. The predicted octanol–water partition coefficient (Wildman–Crippen LogP) is 1.39. The highest BCUT2D eigenvalue weighted by Gasteiger charge is 2.24. The lowest BCUT2D eigenvalue weighted by Gasteiger charge is -2.36. The second-order valence-corrected chi connectivity index (χ2v) is 11.2. The van der Waals surface area contributed by atoms with Crippen LogP contribution in [-0.2, 0) is 25.8 Å². The Hall–Kier alpha value is -2.72. The molecule has 10 heteroatoms. The lowest BCUT2D eigenvalue weighted by atomic mass is 10.1. The van der Waals surface area contributed by atoms with Gasteiger partial charge in [0.2, 0.25) is 5.91 Å². The molecule has 4 rings (SSSR count). The van der Waals surface area contributed by atoms with Gasteiger partial charge in [-0.3, -0.25) is 4.79 Å². The van der Waals surface area contributed by atoms with Gasteiger partial charge in [0.15, 0.2) is 15.7 Å². The van der Waals surface area contributed by atoms with Crippen LogP contribution in [0, 0.1) is 0 Å². The van der Waals surface area contributed by atoms with Crippen molar-refractivity contribution in [2.24, 2.45) is 0 Å². The number of anilines is 2. The molecule has 1 aromatic heterocycles. The second-order valence-electron chi connectivity index (χ2n) is 8.65. The van der Waals surface area contributed by atoms with Crippen LogP contribution in [0.1, 0.15) is 19.4 Å². The highest BCUT2D eigenvalue weighted by Crippen LogP contribution is 2.21. The van der Waals surface area contributed by atoms with Crippen molar-refractivity contribution in [1.82, 2.24) is 15.1 Å². The maximum absolute atomic E-state index is 12.8. The molecule has 1 amide bonds. The molecule has 178 valence electrons. The summed E-state index contributed by atoms with van der Waals surface area (Å²) in [5.41, 5.74) is 1.86. The Bertz CT molecular complexity index is 1060. The van der Waals surface area contributed by atoms with Crippen molar-refractivity contribution in [3.05, 3.63) is 42.1 Å². The van der Waals surface area contributed by atoms with Crippen molar-refractivity contribution in [3.63, 3.8) is 0 Å². The number of morpholine rings is 1. The minimum Gasteiger partial charge on any atom is -0.378 e. The topological polar surface area (TPSA) is 95.9 Å². The fraction of sp³-hybridized carbons (Fsp3) is 0.522. The molecule has 0 atom stereocenters. The molecule has 0 spiro atoms. The molecule has 0 saturated carbocycles. The van der Waals surface area contributed by atoms with Crippen molar-refractivity contribution >= 4 is 27.2 Å². The molecule has 9 nitrogen and oxygen atoms in total. The third kappa shape index (κ3) is 5.44. The van der Waals surface area contributed by atoms with Gasteiger partial charge in [-0.25, -0.2) is 8.42 Å². The van der Waals surface area contributed by atoms with Crippen molar-refractivity contribution in [2.75, 3.05) is 62.3 Å². The SMILES string of the molecule is CC(C)S(=O)(=O)c1ccc(CC(=O)N2CCN(c3cc(N4CCOCC4)cnn3)CC2)cc1. The van der Waals surface area contributed by atoms with E-state index in [1.54, 1.807) is 44.3 Å². The van der Waals surface area contributed by atoms with Gasteiger partial charge in [0.1, 0.15) is 0 Å². The van der Waals surface area contributed by atoms with E-state index in [-0.39, 0.29) is 12.3 Å². The van der Waals surface area contributed by atoms with Gasteiger partial charge >= 0.3 is 0 Å². The first-order chi connectivity index (χ1) is 15.8. The number of hydrogen-bond donors (Lipinski definition) is 0. The summed E-state index contributed by atoms with van der Waals surface area (Å²) in [6.45, 7) is 9.06. The Morgan fingerprint density at radius 2 is 1.67 bits per heavy atom. The molecule has 2 aliphatic rings. The largest absolute Gasteiger partial charge is 0.378 e. The smallest absolute Gasteiger partial charge is 0.227 e. The number of rotatable bonds is 6. The van der Waals surface area contributed by atoms with Crippen molar-refractivity contribution < 1.29 is 17.9 Å². The average Bonchev–Trinajstić information content (AvgIpc) is 2.85. The van der Waals surface area contributed by atoms with Gasteiger partial charge < -0.3 is 19.4 Å². The van der Waals surface area contributed by atoms with E-state index in [0.29, 0.717) is 44.3 Å². The standard InChI is InChI=1S/C23H31N5O4S/c1-18(2)33(30,31)21-5-3-19(4-6-21)15-23(29)28-9-7-27(8-10-28)22-16-20(17-24-25-22)26-11-13-32-14-12-26/h3-6,16-18H,7-15H2,1-2H3. The molecule has 1 aromatic carbocycles. The Balaban J connectivity index is 1.32. The first-order valence-electron chi connectivity index (χ1n) is 11.4.